The molecular formula is C10H15NO3. The van der Waals surface area contributed by atoms with Crippen molar-refractivity contribution in [2.75, 3.05) is 13.2 Å². The Labute approximate surface area is 83.7 Å². The number of para-hydroxylation sites is 1. The van der Waals surface area contributed by atoms with Crippen LogP contribution in [0.2, 0.25) is 0 Å². The van der Waals surface area contributed by atoms with Gasteiger partial charge in [-0.15, -0.1) is 0 Å². The Balaban J connectivity index is 0.000000292. The highest BCUT2D eigenvalue weighted by atomic mass is 16.6. The highest BCUT2D eigenvalue weighted by Crippen LogP contribution is 2.06. The third kappa shape index (κ3) is 6.14. The monoisotopic (exact) mass is 197 g/mol. The highest BCUT2D eigenvalue weighted by Gasteiger charge is 1.98. The minimum atomic E-state index is -0.417. The standard InChI is InChI=1S/C6H5NO2.C4H10O/c8-7(9)6-4-2-1-3-5-6;1-3-5-4-2/h1-5H;3-4H2,1-2H3. The summed E-state index contributed by atoms with van der Waals surface area (Å²) in [5.41, 5.74) is 0.137. The van der Waals surface area contributed by atoms with E-state index in [4.69, 9.17) is 4.74 Å². The molecule has 0 unspecified atom stereocenters. The van der Waals surface area contributed by atoms with Crippen LogP contribution in [0.5, 0.6) is 0 Å². The van der Waals surface area contributed by atoms with E-state index in [0.717, 1.165) is 13.2 Å². The van der Waals surface area contributed by atoms with Gasteiger partial charge in [-0.05, 0) is 13.8 Å². The number of non-ortho nitro benzene ring substituents is 1. The second kappa shape index (κ2) is 8.19. The van der Waals surface area contributed by atoms with Gasteiger partial charge in [-0.25, -0.2) is 0 Å². The van der Waals surface area contributed by atoms with Crippen molar-refractivity contribution in [1.82, 2.24) is 0 Å². The summed E-state index contributed by atoms with van der Waals surface area (Å²) in [6, 6.07) is 7.93. The van der Waals surface area contributed by atoms with Crippen molar-refractivity contribution in [3.05, 3.63) is 40.4 Å². The summed E-state index contributed by atoms with van der Waals surface area (Å²) in [6.45, 7) is 5.67. The highest BCUT2D eigenvalue weighted by molar-refractivity contribution is 5.27. The van der Waals surface area contributed by atoms with Crippen LogP contribution in [0.4, 0.5) is 5.69 Å². The SMILES string of the molecule is CCOCC.O=[N+]([O-])c1ccccc1. The normalized spacial score (nSPS) is 8.71. The molecule has 0 N–H and O–H groups in total. The number of nitro groups is 1. The van der Waals surface area contributed by atoms with Gasteiger partial charge in [-0.1, -0.05) is 18.2 Å². The van der Waals surface area contributed by atoms with E-state index in [1.807, 2.05) is 13.8 Å². The van der Waals surface area contributed by atoms with Crippen molar-refractivity contribution >= 4 is 5.69 Å². The number of nitro benzene ring substituents is 1. The fourth-order valence-corrected chi connectivity index (χ4v) is 0.754. The van der Waals surface area contributed by atoms with Gasteiger partial charge in [0.25, 0.3) is 5.69 Å². The molecule has 0 aromatic heterocycles. The van der Waals surface area contributed by atoms with Crippen LogP contribution in [0.25, 0.3) is 0 Å². The molecule has 0 aliphatic rings. The molecule has 4 nitrogen and oxygen atoms in total. The molecule has 0 amide bonds. The first kappa shape index (κ1) is 12.6. The molecule has 1 rings (SSSR count). The van der Waals surface area contributed by atoms with Crippen LogP contribution >= 0.6 is 0 Å². The quantitative estimate of drug-likeness (QED) is 0.553. The number of nitrogens with zero attached hydrogens (tertiary/aromatic N) is 1. The van der Waals surface area contributed by atoms with Gasteiger partial charge >= 0.3 is 0 Å². The molecule has 0 bridgehead atoms. The van der Waals surface area contributed by atoms with E-state index in [1.54, 1.807) is 18.2 Å². The van der Waals surface area contributed by atoms with Gasteiger partial charge in [0.2, 0.25) is 0 Å². The summed E-state index contributed by atoms with van der Waals surface area (Å²) < 4.78 is 4.83. The molecule has 1 aromatic rings. The maximum absolute atomic E-state index is 10.0. The molecule has 0 aliphatic heterocycles. The topological polar surface area (TPSA) is 52.4 Å². The smallest absolute Gasteiger partial charge is 0.269 e. The predicted octanol–water partition coefficient (Wildman–Crippen LogP) is 2.64. The Morgan fingerprint density at radius 2 is 1.71 bits per heavy atom. The lowest BCUT2D eigenvalue weighted by atomic mass is 10.3. The summed E-state index contributed by atoms with van der Waals surface area (Å²) in [5.74, 6) is 0. The van der Waals surface area contributed by atoms with E-state index >= 15 is 0 Å². The summed E-state index contributed by atoms with van der Waals surface area (Å²) in [6.07, 6.45) is 0. The zero-order chi connectivity index (χ0) is 10.8. The van der Waals surface area contributed by atoms with Gasteiger partial charge in [0, 0.05) is 25.3 Å². The maximum atomic E-state index is 10.0. The Hall–Kier alpha value is -1.42. The zero-order valence-electron chi connectivity index (χ0n) is 8.47. The number of rotatable bonds is 3. The van der Waals surface area contributed by atoms with E-state index in [-0.39, 0.29) is 5.69 Å². The Morgan fingerprint density at radius 3 is 1.93 bits per heavy atom. The number of ether oxygens (including phenoxy) is 1. The first-order chi connectivity index (χ1) is 6.72. The minimum Gasteiger partial charge on any atom is -0.382 e. The lowest BCUT2D eigenvalue weighted by Crippen LogP contribution is -1.84. The molecule has 1 aromatic carbocycles. The Kier molecular flexibility index (Phi) is 7.36. The molecule has 4 heteroatoms. The molecule has 78 valence electrons. The summed E-state index contributed by atoms with van der Waals surface area (Å²) in [4.78, 5) is 9.59. The maximum Gasteiger partial charge on any atom is 0.269 e. The first-order valence-corrected chi connectivity index (χ1v) is 4.49. The average molecular weight is 197 g/mol. The molecule has 0 saturated carbocycles. The molecule has 14 heavy (non-hydrogen) atoms. The molecule has 0 fully saturated rings. The largest absolute Gasteiger partial charge is 0.382 e. The van der Waals surface area contributed by atoms with Crippen molar-refractivity contribution < 1.29 is 9.66 Å². The van der Waals surface area contributed by atoms with E-state index in [2.05, 4.69) is 0 Å². The van der Waals surface area contributed by atoms with Gasteiger partial charge in [-0.2, -0.15) is 0 Å². The number of hydrogen-bond acceptors (Lipinski definition) is 3. The third-order valence-electron chi connectivity index (χ3n) is 1.38. The molecular weight excluding hydrogens is 182 g/mol. The Morgan fingerprint density at radius 1 is 1.21 bits per heavy atom. The Bertz CT molecular complexity index is 247. The van der Waals surface area contributed by atoms with Crippen LogP contribution in [0.15, 0.2) is 30.3 Å². The van der Waals surface area contributed by atoms with Crippen LogP contribution < -0.4 is 0 Å². The molecule has 0 aliphatic carbocycles. The first-order valence-electron chi connectivity index (χ1n) is 4.49. The third-order valence-corrected chi connectivity index (χ3v) is 1.38. The van der Waals surface area contributed by atoms with E-state index < -0.39 is 4.92 Å². The van der Waals surface area contributed by atoms with E-state index in [1.165, 1.54) is 12.1 Å². The summed E-state index contributed by atoms with van der Waals surface area (Å²) in [5, 5.41) is 10.0. The number of hydrogen-bond donors (Lipinski definition) is 0. The van der Waals surface area contributed by atoms with Gasteiger partial charge in [0.15, 0.2) is 0 Å². The van der Waals surface area contributed by atoms with Crippen molar-refractivity contribution in [2.45, 2.75) is 13.8 Å². The second-order valence-corrected chi connectivity index (χ2v) is 2.37. The van der Waals surface area contributed by atoms with Gasteiger partial charge in [0.05, 0.1) is 4.92 Å². The van der Waals surface area contributed by atoms with E-state index in [9.17, 15) is 10.1 Å². The van der Waals surface area contributed by atoms with Crippen LogP contribution in [0.3, 0.4) is 0 Å². The lowest BCUT2D eigenvalue weighted by Gasteiger charge is -1.86. The summed E-state index contributed by atoms with van der Waals surface area (Å²) >= 11 is 0. The molecule has 0 heterocycles. The lowest BCUT2D eigenvalue weighted by molar-refractivity contribution is -0.384. The molecule has 0 atom stereocenters. The van der Waals surface area contributed by atoms with Crippen LogP contribution in [-0.4, -0.2) is 18.1 Å². The van der Waals surface area contributed by atoms with E-state index in [0.29, 0.717) is 0 Å². The predicted molar refractivity (Wildman–Crippen MR) is 55.3 cm³/mol. The van der Waals surface area contributed by atoms with Crippen LogP contribution in [-0.2, 0) is 4.74 Å². The fourth-order valence-electron chi connectivity index (χ4n) is 0.754. The van der Waals surface area contributed by atoms with Gasteiger partial charge < -0.3 is 4.74 Å². The van der Waals surface area contributed by atoms with Crippen molar-refractivity contribution in [3.63, 3.8) is 0 Å². The van der Waals surface area contributed by atoms with Gasteiger partial charge in [0.1, 0.15) is 0 Å². The fraction of sp³-hybridized carbons (Fsp3) is 0.400. The van der Waals surface area contributed by atoms with Crippen LogP contribution in [0.1, 0.15) is 13.8 Å². The molecule has 0 spiro atoms. The van der Waals surface area contributed by atoms with Gasteiger partial charge in [-0.3, -0.25) is 10.1 Å². The van der Waals surface area contributed by atoms with Crippen molar-refractivity contribution in [1.29, 1.82) is 0 Å². The average Bonchev–Trinajstić information content (AvgIpc) is 2.21. The zero-order valence-corrected chi connectivity index (χ0v) is 8.47. The number of benzene rings is 1. The minimum absolute atomic E-state index is 0.137. The molecule has 0 saturated heterocycles. The van der Waals surface area contributed by atoms with Crippen LogP contribution in [0, 0.1) is 10.1 Å². The molecule has 0 radical (unpaired) electrons. The summed E-state index contributed by atoms with van der Waals surface area (Å²) in [7, 11) is 0. The van der Waals surface area contributed by atoms with Crippen molar-refractivity contribution in [3.8, 4) is 0 Å². The van der Waals surface area contributed by atoms with Crippen molar-refractivity contribution in [2.24, 2.45) is 0 Å². The second-order valence-electron chi connectivity index (χ2n) is 2.37.